The number of halogens is 1. The molecule has 5 aromatic rings. The largest absolute Gasteiger partial charge is 0.497 e. The fourth-order valence-electron chi connectivity index (χ4n) is 3.42. The van der Waals surface area contributed by atoms with Crippen molar-refractivity contribution in [3.63, 3.8) is 0 Å². The van der Waals surface area contributed by atoms with Crippen LogP contribution in [-0.2, 0) is 6.54 Å². The number of aromatic nitrogens is 4. The number of hydrogen-bond acceptors (Lipinski definition) is 7. The SMILES string of the molecule is COc1cccc(-c2noc(Cn3c(=O)n(-c4ccccc4F)c(=O)c4sccc43)n2)c1. The summed E-state index contributed by atoms with van der Waals surface area (Å²) in [6, 6.07) is 14.5. The second-order valence-corrected chi connectivity index (χ2v) is 7.76. The van der Waals surface area contributed by atoms with Crippen molar-refractivity contribution in [3.05, 3.63) is 92.5 Å². The first-order valence-electron chi connectivity index (χ1n) is 9.52. The molecule has 0 spiro atoms. The van der Waals surface area contributed by atoms with Gasteiger partial charge in [0.2, 0.25) is 11.7 Å². The minimum Gasteiger partial charge on any atom is -0.497 e. The molecule has 0 aliphatic carbocycles. The smallest absolute Gasteiger partial charge is 0.336 e. The number of fused-ring (bicyclic) bond motifs is 1. The number of thiophene rings is 1. The van der Waals surface area contributed by atoms with Gasteiger partial charge in [0.05, 0.1) is 18.3 Å². The summed E-state index contributed by atoms with van der Waals surface area (Å²) < 4.78 is 27.5. The lowest BCUT2D eigenvalue weighted by atomic mass is 10.2. The van der Waals surface area contributed by atoms with Crippen LogP contribution in [0.1, 0.15) is 5.89 Å². The van der Waals surface area contributed by atoms with Crippen LogP contribution in [-0.4, -0.2) is 26.4 Å². The average Bonchev–Trinajstić information content (AvgIpc) is 3.48. The zero-order valence-electron chi connectivity index (χ0n) is 16.7. The molecular weight excluding hydrogens is 435 g/mol. The van der Waals surface area contributed by atoms with Crippen molar-refractivity contribution in [3.8, 4) is 22.8 Å². The van der Waals surface area contributed by atoms with Gasteiger partial charge in [0.25, 0.3) is 5.56 Å². The first-order chi connectivity index (χ1) is 15.6. The van der Waals surface area contributed by atoms with Gasteiger partial charge >= 0.3 is 5.69 Å². The van der Waals surface area contributed by atoms with Crippen molar-refractivity contribution in [2.75, 3.05) is 7.11 Å². The molecule has 2 aromatic carbocycles. The molecule has 5 rings (SSSR count). The third-order valence-electron chi connectivity index (χ3n) is 4.94. The average molecular weight is 450 g/mol. The third-order valence-corrected chi connectivity index (χ3v) is 5.83. The maximum Gasteiger partial charge on any atom is 0.336 e. The topological polar surface area (TPSA) is 92.2 Å². The van der Waals surface area contributed by atoms with Gasteiger partial charge in [0.1, 0.15) is 22.8 Å². The van der Waals surface area contributed by atoms with Crippen molar-refractivity contribution < 1.29 is 13.7 Å². The van der Waals surface area contributed by atoms with Crippen LogP contribution in [0.3, 0.4) is 0 Å². The number of nitrogens with zero attached hydrogens (tertiary/aromatic N) is 4. The standard InChI is InChI=1S/C22H15FN4O4S/c1-30-14-6-4-5-13(11-14)20-24-18(31-25-20)12-26-17-9-10-32-19(17)21(28)27(22(26)29)16-8-3-2-7-15(16)23/h2-11H,12H2,1H3. The van der Waals surface area contributed by atoms with Crippen LogP contribution >= 0.6 is 11.3 Å². The van der Waals surface area contributed by atoms with E-state index in [0.717, 1.165) is 4.57 Å². The van der Waals surface area contributed by atoms with Gasteiger partial charge in [-0.15, -0.1) is 11.3 Å². The number of benzene rings is 2. The van der Waals surface area contributed by atoms with E-state index in [1.807, 2.05) is 0 Å². The van der Waals surface area contributed by atoms with Gasteiger partial charge in [-0.2, -0.15) is 4.98 Å². The molecular formula is C22H15FN4O4S. The molecule has 0 radical (unpaired) electrons. The zero-order chi connectivity index (χ0) is 22.2. The Morgan fingerprint density at radius 3 is 2.78 bits per heavy atom. The molecule has 0 bridgehead atoms. The van der Waals surface area contributed by atoms with Crippen LogP contribution in [0.4, 0.5) is 4.39 Å². The summed E-state index contributed by atoms with van der Waals surface area (Å²) >= 11 is 1.17. The molecule has 0 amide bonds. The predicted molar refractivity (Wildman–Crippen MR) is 117 cm³/mol. The van der Waals surface area contributed by atoms with Gasteiger partial charge in [-0.1, -0.05) is 29.4 Å². The van der Waals surface area contributed by atoms with Crippen LogP contribution in [0, 0.1) is 5.82 Å². The first-order valence-corrected chi connectivity index (χ1v) is 10.4. The van der Waals surface area contributed by atoms with Crippen LogP contribution < -0.4 is 16.0 Å². The second kappa shape index (κ2) is 7.89. The summed E-state index contributed by atoms with van der Waals surface area (Å²) in [5.74, 6) is 0.460. The summed E-state index contributed by atoms with van der Waals surface area (Å²) in [4.78, 5) is 30.6. The number of rotatable bonds is 5. The molecule has 0 aliphatic rings. The fourth-order valence-corrected chi connectivity index (χ4v) is 4.24. The molecule has 0 aliphatic heterocycles. The van der Waals surface area contributed by atoms with Crippen molar-refractivity contribution in [1.29, 1.82) is 0 Å². The summed E-state index contributed by atoms with van der Waals surface area (Å²) in [5, 5.41) is 5.68. The monoisotopic (exact) mass is 450 g/mol. The van der Waals surface area contributed by atoms with Gasteiger partial charge in [-0.3, -0.25) is 9.36 Å². The molecule has 32 heavy (non-hydrogen) atoms. The Balaban J connectivity index is 1.62. The van der Waals surface area contributed by atoms with Crippen LogP contribution in [0.15, 0.2) is 74.1 Å². The lowest BCUT2D eigenvalue weighted by Gasteiger charge is -2.11. The normalized spacial score (nSPS) is 11.2. The van der Waals surface area contributed by atoms with Crippen molar-refractivity contribution in [2.24, 2.45) is 0 Å². The first kappa shape index (κ1) is 19.9. The summed E-state index contributed by atoms with van der Waals surface area (Å²) in [6.45, 7) is -0.0855. The maximum absolute atomic E-state index is 14.4. The van der Waals surface area contributed by atoms with E-state index >= 15 is 0 Å². The summed E-state index contributed by atoms with van der Waals surface area (Å²) in [5.41, 5.74) is -0.298. The van der Waals surface area contributed by atoms with E-state index in [2.05, 4.69) is 10.1 Å². The number of hydrogen-bond donors (Lipinski definition) is 0. The van der Waals surface area contributed by atoms with E-state index in [0.29, 0.717) is 27.4 Å². The highest BCUT2D eigenvalue weighted by atomic mass is 32.1. The quantitative estimate of drug-likeness (QED) is 0.407. The summed E-state index contributed by atoms with van der Waals surface area (Å²) in [7, 11) is 1.56. The van der Waals surface area contributed by atoms with E-state index in [4.69, 9.17) is 9.26 Å². The van der Waals surface area contributed by atoms with Gasteiger partial charge < -0.3 is 9.26 Å². The Morgan fingerprint density at radius 2 is 1.97 bits per heavy atom. The minimum absolute atomic E-state index is 0.0855. The Hall–Kier alpha value is -4.05. The van der Waals surface area contributed by atoms with E-state index < -0.39 is 17.1 Å². The van der Waals surface area contributed by atoms with Crippen LogP contribution in [0.5, 0.6) is 5.75 Å². The fraction of sp³-hybridized carbons (Fsp3) is 0.0909. The second-order valence-electron chi connectivity index (χ2n) is 6.84. The minimum atomic E-state index is -0.702. The van der Waals surface area contributed by atoms with Gasteiger partial charge in [-0.05, 0) is 35.7 Å². The number of ether oxygens (including phenoxy) is 1. The molecule has 0 saturated carbocycles. The molecule has 3 heterocycles. The lowest BCUT2D eigenvalue weighted by Crippen LogP contribution is -2.39. The Labute approximate surface area is 183 Å². The highest BCUT2D eigenvalue weighted by Gasteiger charge is 2.19. The Kier molecular flexibility index (Phi) is 4.91. The van der Waals surface area contributed by atoms with E-state index in [9.17, 15) is 14.0 Å². The molecule has 160 valence electrons. The molecule has 8 nitrogen and oxygen atoms in total. The van der Waals surface area contributed by atoms with E-state index in [1.54, 1.807) is 48.9 Å². The molecule has 10 heteroatoms. The predicted octanol–water partition coefficient (Wildman–Crippen LogP) is 3.46. The van der Waals surface area contributed by atoms with E-state index in [-0.39, 0.29) is 18.1 Å². The molecule has 0 N–H and O–H groups in total. The van der Waals surface area contributed by atoms with Crippen molar-refractivity contribution in [2.45, 2.75) is 6.54 Å². The molecule has 0 fully saturated rings. The van der Waals surface area contributed by atoms with Gasteiger partial charge in [0, 0.05) is 5.56 Å². The van der Waals surface area contributed by atoms with Crippen LogP contribution in [0.2, 0.25) is 0 Å². The van der Waals surface area contributed by atoms with Crippen molar-refractivity contribution >= 4 is 21.6 Å². The zero-order valence-corrected chi connectivity index (χ0v) is 17.5. The lowest BCUT2D eigenvalue weighted by molar-refractivity contribution is 0.370. The summed E-state index contributed by atoms with van der Waals surface area (Å²) in [6.07, 6.45) is 0. The molecule has 3 aromatic heterocycles. The number of methoxy groups -OCH3 is 1. The van der Waals surface area contributed by atoms with Gasteiger partial charge in [-0.25, -0.2) is 13.8 Å². The van der Waals surface area contributed by atoms with E-state index in [1.165, 1.54) is 34.1 Å². The van der Waals surface area contributed by atoms with Gasteiger partial charge in [0.15, 0.2) is 0 Å². The van der Waals surface area contributed by atoms with Crippen molar-refractivity contribution in [1.82, 2.24) is 19.3 Å². The van der Waals surface area contributed by atoms with Crippen LogP contribution in [0.25, 0.3) is 27.3 Å². The molecule has 0 unspecified atom stereocenters. The Morgan fingerprint density at radius 1 is 1.12 bits per heavy atom. The highest BCUT2D eigenvalue weighted by molar-refractivity contribution is 7.17. The molecule has 0 saturated heterocycles. The molecule has 0 atom stereocenters. The third kappa shape index (κ3) is 3.30. The Bertz CT molecular complexity index is 1570. The number of para-hydroxylation sites is 1. The maximum atomic E-state index is 14.4. The highest BCUT2D eigenvalue weighted by Crippen LogP contribution is 2.22.